The van der Waals surface area contributed by atoms with Gasteiger partial charge in [0.25, 0.3) is 0 Å². The van der Waals surface area contributed by atoms with Crippen LogP contribution in [-0.4, -0.2) is 33.3 Å². The van der Waals surface area contributed by atoms with Gasteiger partial charge in [-0.3, -0.25) is 0 Å². The van der Waals surface area contributed by atoms with Gasteiger partial charge in [-0.05, 0) is 40.5 Å². The van der Waals surface area contributed by atoms with Crippen molar-refractivity contribution in [2.24, 2.45) is 0 Å². The first-order valence-corrected chi connectivity index (χ1v) is 6.71. The molecule has 0 heterocycles. The van der Waals surface area contributed by atoms with Crippen molar-refractivity contribution in [3.8, 4) is 5.75 Å². The fourth-order valence-corrected chi connectivity index (χ4v) is 2.22. The molecule has 114 valence electrons. The zero-order chi connectivity index (χ0) is 16.0. The summed E-state index contributed by atoms with van der Waals surface area (Å²) in [6, 6.07) is 3.64. The van der Waals surface area contributed by atoms with Crippen molar-refractivity contribution in [1.29, 1.82) is 0 Å². The Kier molecular flexibility index (Phi) is 6.23. The molecule has 6 nitrogen and oxygen atoms in total. The van der Waals surface area contributed by atoms with E-state index in [-0.39, 0.29) is 5.70 Å². The molecular weight excluding hydrogens is 342 g/mol. The van der Waals surface area contributed by atoms with Crippen LogP contribution in [-0.2, 0) is 19.1 Å². The Morgan fingerprint density at radius 1 is 1.19 bits per heavy atom. The molecule has 0 saturated carbocycles. The Morgan fingerprint density at radius 2 is 1.86 bits per heavy atom. The molecule has 0 unspecified atom stereocenters. The van der Waals surface area contributed by atoms with E-state index in [1.807, 2.05) is 13.0 Å². The molecule has 0 saturated heterocycles. The molecule has 0 spiro atoms. The zero-order valence-corrected chi connectivity index (χ0v) is 13.7. The van der Waals surface area contributed by atoms with E-state index in [0.717, 1.165) is 11.6 Å². The lowest BCUT2D eigenvalue weighted by Gasteiger charge is -2.15. The molecule has 0 radical (unpaired) electrons. The smallest absolute Gasteiger partial charge is 0.354 e. The van der Waals surface area contributed by atoms with Gasteiger partial charge in [0.05, 0.1) is 33.1 Å². The molecule has 0 fully saturated rings. The highest BCUT2D eigenvalue weighted by Crippen LogP contribution is 2.35. The number of rotatable bonds is 5. The van der Waals surface area contributed by atoms with E-state index in [9.17, 15) is 9.59 Å². The average Bonchev–Trinajstić information content (AvgIpc) is 2.47. The maximum Gasteiger partial charge on any atom is 0.354 e. The summed E-state index contributed by atoms with van der Waals surface area (Å²) in [4.78, 5) is 23.1. The Balaban J connectivity index is 3.24. The number of aryl methyl sites for hydroxylation is 1. The summed E-state index contributed by atoms with van der Waals surface area (Å²) in [5, 5.41) is 2.82. The van der Waals surface area contributed by atoms with Crippen LogP contribution < -0.4 is 10.1 Å². The summed E-state index contributed by atoms with van der Waals surface area (Å²) < 4.78 is 15.1. The van der Waals surface area contributed by atoms with Gasteiger partial charge in [-0.25, -0.2) is 9.59 Å². The van der Waals surface area contributed by atoms with Crippen LogP contribution in [0.3, 0.4) is 0 Å². The molecule has 7 heteroatoms. The molecule has 0 amide bonds. The summed E-state index contributed by atoms with van der Waals surface area (Å²) in [6.07, 6.45) is 1.01. The van der Waals surface area contributed by atoms with Gasteiger partial charge in [-0.1, -0.05) is 0 Å². The van der Waals surface area contributed by atoms with E-state index in [2.05, 4.69) is 30.7 Å². The number of methoxy groups -OCH3 is 3. The van der Waals surface area contributed by atoms with E-state index >= 15 is 0 Å². The molecule has 1 aromatic rings. The van der Waals surface area contributed by atoms with Gasteiger partial charge in [-0.2, -0.15) is 0 Å². The third kappa shape index (κ3) is 4.49. The summed E-state index contributed by atoms with van der Waals surface area (Å²) >= 11 is 3.38. The number of carbonyl (C=O) groups excluding carboxylic acids is 2. The predicted octanol–water partition coefficient (Wildman–Crippen LogP) is 2.41. The number of nitrogens with one attached hydrogen (secondary N) is 1. The molecule has 0 aliphatic carbocycles. The Labute approximate surface area is 131 Å². The van der Waals surface area contributed by atoms with Crippen molar-refractivity contribution in [2.45, 2.75) is 6.92 Å². The van der Waals surface area contributed by atoms with Gasteiger partial charge in [0.1, 0.15) is 11.4 Å². The zero-order valence-electron chi connectivity index (χ0n) is 12.2. The van der Waals surface area contributed by atoms with Crippen LogP contribution in [0.4, 0.5) is 5.69 Å². The van der Waals surface area contributed by atoms with Crippen molar-refractivity contribution in [1.82, 2.24) is 0 Å². The minimum absolute atomic E-state index is 0.0628. The lowest BCUT2D eigenvalue weighted by Crippen LogP contribution is -2.16. The largest absolute Gasteiger partial charge is 0.495 e. The van der Waals surface area contributed by atoms with Crippen LogP contribution >= 0.6 is 15.9 Å². The number of carbonyl (C=O) groups is 2. The van der Waals surface area contributed by atoms with Gasteiger partial charge in [-0.15, -0.1) is 0 Å². The first-order valence-electron chi connectivity index (χ1n) is 5.92. The number of benzene rings is 1. The third-order valence-corrected chi connectivity index (χ3v) is 3.17. The summed E-state index contributed by atoms with van der Waals surface area (Å²) in [5.74, 6) is -0.860. The summed E-state index contributed by atoms with van der Waals surface area (Å²) in [5.41, 5.74) is 1.41. The fourth-order valence-electron chi connectivity index (χ4n) is 1.56. The lowest BCUT2D eigenvalue weighted by molar-refractivity contribution is -0.138. The van der Waals surface area contributed by atoms with Crippen molar-refractivity contribution in [2.75, 3.05) is 26.6 Å². The third-order valence-electron chi connectivity index (χ3n) is 2.55. The standard InChI is InChI=1S/C14H16BrNO5/c1-8-5-9(15)13(11(6-8)19-2)16-10(14(18)21-4)7-12(17)20-3/h5-7,16H,1-4H3/b10-7+. The topological polar surface area (TPSA) is 73.9 Å². The van der Waals surface area contributed by atoms with Gasteiger partial charge >= 0.3 is 11.9 Å². The first kappa shape index (κ1) is 17.0. The quantitative estimate of drug-likeness (QED) is 0.644. The van der Waals surface area contributed by atoms with E-state index in [4.69, 9.17) is 4.74 Å². The molecule has 0 aliphatic rings. The molecule has 1 aromatic carbocycles. The molecule has 1 N–H and O–H groups in total. The fraction of sp³-hybridized carbons (Fsp3) is 0.286. The highest BCUT2D eigenvalue weighted by Gasteiger charge is 2.17. The molecule has 0 aliphatic heterocycles. The van der Waals surface area contributed by atoms with Crippen molar-refractivity contribution in [3.63, 3.8) is 0 Å². The minimum atomic E-state index is -0.699. The van der Waals surface area contributed by atoms with Gasteiger partial charge in [0, 0.05) is 4.47 Å². The van der Waals surface area contributed by atoms with E-state index in [1.165, 1.54) is 21.3 Å². The molecule has 1 rings (SSSR count). The second-order valence-corrected chi connectivity index (χ2v) is 4.88. The van der Waals surface area contributed by atoms with Crippen LogP contribution in [0.25, 0.3) is 0 Å². The minimum Gasteiger partial charge on any atom is -0.495 e. The monoisotopic (exact) mass is 357 g/mol. The number of esters is 2. The highest BCUT2D eigenvalue weighted by atomic mass is 79.9. The second kappa shape index (κ2) is 7.68. The van der Waals surface area contributed by atoms with Crippen LogP contribution in [0.5, 0.6) is 5.75 Å². The maximum absolute atomic E-state index is 11.7. The van der Waals surface area contributed by atoms with Crippen LogP contribution in [0.1, 0.15) is 5.56 Å². The summed E-state index contributed by atoms with van der Waals surface area (Å²) in [6.45, 7) is 1.91. The van der Waals surface area contributed by atoms with Gasteiger partial charge in [0.15, 0.2) is 0 Å². The number of hydrogen-bond donors (Lipinski definition) is 1. The van der Waals surface area contributed by atoms with Crippen LogP contribution in [0.15, 0.2) is 28.4 Å². The normalized spacial score (nSPS) is 10.8. The number of ether oxygens (including phenoxy) is 3. The van der Waals surface area contributed by atoms with Crippen molar-refractivity contribution in [3.05, 3.63) is 33.9 Å². The number of anilines is 1. The molecule has 0 bridgehead atoms. The maximum atomic E-state index is 11.7. The second-order valence-electron chi connectivity index (χ2n) is 4.02. The van der Waals surface area contributed by atoms with Crippen LogP contribution in [0, 0.1) is 6.92 Å². The van der Waals surface area contributed by atoms with Gasteiger partial charge < -0.3 is 19.5 Å². The summed E-state index contributed by atoms with van der Waals surface area (Å²) in [7, 11) is 3.95. The van der Waals surface area contributed by atoms with E-state index < -0.39 is 11.9 Å². The van der Waals surface area contributed by atoms with Crippen molar-refractivity contribution >= 4 is 33.6 Å². The van der Waals surface area contributed by atoms with Gasteiger partial charge in [0.2, 0.25) is 0 Å². The van der Waals surface area contributed by atoms with E-state index in [0.29, 0.717) is 15.9 Å². The molecular formula is C14H16BrNO5. The van der Waals surface area contributed by atoms with Crippen LogP contribution in [0.2, 0.25) is 0 Å². The number of hydrogen-bond acceptors (Lipinski definition) is 6. The lowest BCUT2D eigenvalue weighted by atomic mass is 10.2. The van der Waals surface area contributed by atoms with Crippen molar-refractivity contribution < 1.29 is 23.8 Å². The molecule has 0 atom stereocenters. The first-order chi connectivity index (χ1) is 9.92. The Bertz CT molecular complexity index is 583. The van der Waals surface area contributed by atoms with E-state index in [1.54, 1.807) is 6.07 Å². The Morgan fingerprint density at radius 3 is 2.38 bits per heavy atom. The molecule has 21 heavy (non-hydrogen) atoms. The molecule has 0 aromatic heterocycles. The average molecular weight is 358 g/mol. The Hall–Kier alpha value is -2.02. The highest BCUT2D eigenvalue weighted by molar-refractivity contribution is 9.10. The number of halogens is 1. The predicted molar refractivity (Wildman–Crippen MR) is 81.2 cm³/mol. The SMILES string of the molecule is COC(=O)/C=C(/Nc1c(Br)cc(C)cc1OC)C(=O)OC.